The van der Waals surface area contributed by atoms with Crippen LogP contribution >= 0.6 is 11.3 Å². The zero-order chi connectivity index (χ0) is 11.8. The number of aliphatic hydroxyl groups excluding tert-OH is 1. The maximum Gasteiger partial charge on any atom is 0.244 e. The second kappa shape index (κ2) is 4.21. The molecule has 90 valence electrons. The molecule has 2 aromatic rings. The lowest BCUT2D eigenvalue weighted by molar-refractivity contribution is 0.191. The normalized spacial score (nSPS) is 24.4. The van der Waals surface area contributed by atoms with Gasteiger partial charge in [-0.2, -0.15) is 16.3 Å². The lowest BCUT2D eigenvalue weighted by Crippen LogP contribution is -2.15. The number of nitrogens with one attached hydrogen (secondary N) is 1. The van der Waals surface area contributed by atoms with Crippen LogP contribution in [-0.2, 0) is 0 Å². The van der Waals surface area contributed by atoms with Crippen molar-refractivity contribution >= 4 is 11.3 Å². The van der Waals surface area contributed by atoms with Crippen molar-refractivity contribution in [3.8, 4) is 11.4 Å². The summed E-state index contributed by atoms with van der Waals surface area (Å²) in [5.74, 6) is 1.18. The Bertz CT molecular complexity index is 522. The minimum atomic E-state index is -0.321. The molecule has 5 nitrogen and oxygen atoms in total. The Hall–Kier alpha value is -1.24. The number of β-amino-alcohol motifs (C(OH)–C–C–N with tert-alkyl or cyclic N) is 1. The van der Waals surface area contributed by atoms with Gasteiger partial charge in [-0.3, -0.25) is 0 Å². The smallest absolute Gasteiger partial charge is 0.244 e. The molecule has 0 unspecified atom stereocenters. The Morgan fingerprint density at radius 2 is 2.41 bits per heavy atom. The minimum Gasteiger partial charge on any atom is -0.392 e. The van der Waals surface area contributed by atoms with Gasteiger partial charge in [0.15, 0.2) is 0 Å². The lowest BCUT2D eigenvalue weighted by Gasteiger charge is -2.01. The number of nitrogens with zero attached hydrogens (tertiary/aromatic N) is 2. The van der Waals surface area contributed by atoms with Crippen molar-refractivity contribution in [3.05, 3.63) is 22.2 Å². The molecule has 1 aliphatic heterocycles. The van der Waals surface area contributed by atoms with Crippen LogP contribution in [-0.4, -0.2) is 27.9 Å². The predicted octanol–water partition coefficient (Wildman–Crippen LogP) is 1.50. The Morgan fingerprint density at radius 3 is 3.06 bits per heavy atom. The van der Waals surface area contributed by atoms with Gasteiger partial charge in [0.05, 0.1) is 12.1 Å². The third-order valence-electron chi connectivity index (χ3n) is 2.94. The van der Waals surface area contributed by atoms with Gasteiger partial charge in [0, 0.05) is 17.5 Å². The van der Waals surface area contributed by atoms with E-state index in [1.165, 1.54) is 0 Å². The summed E-state index contributed by atoms with van der Waals surface area (Å²) >= 11 is 1.63. The molecule has 0 amide bonds. The molecule has 2 atom stereocenters. The quantitative estimate of drug-likeness (QED) is 0.846. The first-order valence-electron chi connectivity index (χ1n) is 5.52. The molecule has 1 aliphatic rings. The van der Waals surface area contributed by atoms with E-state index in [0.29, 0.717) is 24.7 Å². The third-order valence-corrected chi connectivity index (χ3v) is 3.81. The summed E-state index contributed by atoms with van der Waals surface area (Å²) in [4.78, 5) is 4.39. The summed E-state index contributed by atoms with van der Waals surface area (Å²) in [5.41, 5.74) is 2.17. The van der Waals surface area contributed by atoms with Gasteiger partial charge < -0.3 is 14.9 Å². The number of thiophene rings is 1. The molecule has 17 heavy (non-hydrogen) atoms. The molecule has 0 radical (unpaired) electrons. The van der Waals surface area contributed by atoms with E-state index in [4.69, 9.17) is 4.52 Å². The van der Waals surface area contributed by atoms with Gasteiger partial charge in [-0.15, -0.1) is 0 Å². The Balaban J connectivity index is 1.86. The minimum absolute atomic E-state index is 0.0230. The Labute approximate surface area is 102 Å². The van der Waals surface area contributed by atoms with Crippen molar-refractivity contribution < 1.29 is 9.63 Å². The largest absolute Gasteiger partial charge is 0.392 e. The maximum atomic E-state index is 9.45. The van der Waals surface area contributed by atoms with E-state index >= 15 is 0 Å². The summed E-state index contributed by atoms with van der Waals surface area (Å²) in [6.45, 7) is 2.61. The Morgan fingerprint density at radius 1 is 1.53 bits per heavy atom. The average Bonchev–Trinajstić information content (AvgIpc) is 2.97. The number of rotatable bonds is 2. The molecule has 3 rings (SSSR count). The van der Waals surface area contributed by atoms with Crippen molar-refractivity contribution in [1.82, 2.24) is 15.5 Å². The maximum absolute atomic E-state index is 9.45. The molecule has 1 fully saturated rings. The highest BCUT2D eigenvalue weighted by molar-refractivity contribution is 7.08. The first kappa shape index (κ1) is 10.9. The molecule has 0 aromatic carbocycles. The fourth-order valence-corrected chi connectivity index (χ4v) is 2.81. The molecule has 0 spiro atoms. The lowest BCUT2D eigenvalue weighted by atomic mass is 10.2. The van der Waals surface area contributed by atoms with Gasteiger partial charge in [0.25, 0.3) is 0 Å². The summed E-state index contributed by atoms with van der Waals surface area (Å²) in [6, 6.07) is -0.0230. The number of hydrogen-bond acceptors (Lipinski definition) is 6. The first-order valence-corrected chi connectivity index (χ1v) is 6.46. The highest BCUT2D eigenvalue weighted by Crippen LogP contribution is 2.27. The van der Waals surface area contributed by atoms with E-state index < -0.39 is 0 Å². The number of aliphatic hydroxyl groups is 1. The van der Waals surface area contributed by atoms with E-state index in [1.807, 2.05) is 12.3 Å². The molecule has 0 saturated carbocycles. The van der Waals surface area contributed by atoms with Crippen molar-refractivity contribution in [2.75, 3.05) is 6.54 Å². The van der Waals surface area contributed by atoms with Crippen LogP contribution in [0.2, 0.25) is 0 Å². The van der Waals surface area contributed by atoms with Gasteiger partial charge in [-0.05, 0) is 24.3 Å². The van der Waals surface area contributed by atoms with Gasteiger partial charge in [0.2, 0.25) is 11.7 Å². The summed E-state index contributed by atoms with van der Waals surface area (Å²) in [7, 11) is 0. The van der Waals surface area contributed by atoms with E-state index in [1.54, 1.807) is 11.3 Å². The average molecular weight is 251 g/mol. The fraction of sp³-hybridized carbons (Fsp3) is 0.455. The SMILES string of the molecule is Cc1cscc1-c1noc([C@@H]2C[C@H](O)CN2)n1. The van der Waals surface area contributed by atoms with Crippen molar-refractivity contribution in [2.24, 2.45) is 0 Å². The number of hydrogen-bond donors (Lipinski definition) is 2. The molecule has 0 bridgehead atoms. The molecule has 0 aliphatic carbocycles. The van der Waals surface area contributed by atoms with Crippen LogP contribution in [0.15, 0.2) is 15.3 Å². The molecule has 3 heterocycles. The summed E-state index contributed by atoms with van der Waals surface area (Å²) in [6.07, 6.45) is 0.308. The highest BCUT2D eigenvalue weighted by Gasteiger charge is 2.28. The molecular formula is C11H13N3O2S. The summed E-state index contributed by atoms with van der Waals surface area (Å²) < 4.78 is 5.25. The predicted molar refractivity (Wildman–Crippen MR) is 63.7 cm³/mol. The van der Waals surface area contributed by atoms with Crippen LogP contribution < -0.4 is 5.32 Å². The molecule has 6 heteroatoms. The number of aromatic nitrogens is 2. The second-order valence-electron chi connectivity index (χ2n) is 4.28. The third kappa shape index (κ3) is 1.99. The second-order valence-corrected chi connectivity index (χ2v) is 5.02. The van der Waals surface area contributed by atoms with Crippen LogP contribution in [0, 0.1) is 6.92 Å². The highest BCUT2D eigenvalue weighted by atomic mass is 32.1. The Kier molecular flexibility index (Phi) is 2.70. The van der Waals surface area contributed by atoms with Crippen LogP contribution in [0.1, 0.15) is 23.9 Å². The molecule has 2 aromatic heterocycles. The molecular weight excluding hydrogens is 238 g/mol. The van der Waals surface area contributed by atoms with Gasteiger partial charge in [0.1, 0.15) is 0 Å². The van der Waals surface area contributed by atoms with Gasteiger partial charge >= 0.3 is 0 Å². The van der Waals surface area contributed by atoms with Gasteiger partial charge in [-0.1, -0.05) is 5.16 Å². The first-order chi connectivity index (χ1) is 8.24. The van der Waals surface area contributed by atoms with Crippen LogP contribution in [0.4, 0.5) is 0 Å². The van der Waals surface area contributed by atoms with Crippen LogP contribution in [0.25, 0.3) is 11.4 Å². The zero-order valence-electron chi connectivity index (χ0n) is 9.38. The van der Waals surface area contributed by atoms with Crippen molar-refractivity contribution in [3.63, 3.8) is 0 Å². The van der Waals surface area contributed by atoms with Gasteiger partial charge in [-0.25, -0.2) is 0 Å². The standard InChI is InChI=1S/C11H13N3O2S/c1-6-4-17-5-8(6)10-13-11(16-14-10)9-2-7(15)3-12-9/h4-5,7,9,12,15H,2-3H2,1H3/t7-,9-/m0/s1. The summed E-state index contributed by atoms with van der Waals surface area (Å²) in [5, 5.41) is 20.7. The van der Waals surface area contributed by atoms with E-state index in [9.17, 15) is 5.11 Å². The van der Waals surface area contributed by atoms with E-state index in [2.05, 4.69) is 20.8 Å². The monoisotopic (exact) mass is 251 g/mol. The van der Waals surface area contributed by atoms with Crippen molar-refractivity contribution in [2.45, 2.75) is 25.5 Å². The molecule has 1 saturated heterocycles. The fourth-order valence-electron chi connectivity index (χ4n) is 1.98. The zero-order valence-corrected chi connectivity index (χ0v) is 10.2. The van der Waals surface area contributed by atoms with Crippen molar-refractivity contribution in [1.29, 1.82) is 0 Å². The van der Waals surface area contributed by atoms with Crippen LogP contribution in [0.5, 0.6) is 0 Å². The van der Waals surface area contributed by atoms with E-state index in [-0.39, 0.29) is 12.1 Å². The topological polar surface area (TPSA) is 71.2 Å². The van der Waals surface area contributed by atoms with E-state index in [0.717, 1.165) is 11.1 Å². The number of aryl methyl sites for hydroxylation is 1. The van der Waals surface area contributed by atoms with Crippen LogP contribution in [0.3, 0.4) is 0 Å². The molecule has 2 N–H and O–H groups in total.